The third-order valence-electron chi connectivity index (χ3n) is 2.70. The second kappa shape index (κ2) is 8.54. The second-order valence-corrected chi connectivity index (χ2v) is 9.06. The Hall–Kier alpha value is -0.880. The largest absolute Gasteiger partial charge is 0.355 e. The maximum Gasteiger partial charge on any atom is 0.220 e. The van der Waals surface area contributed by atoms with E-state index in [-0.39, 0.29) is 16.5 Å². The van der Waals surface area contributed by atoms with Crippen molar-refractivity contribution < 1.29 is 13.4 Å². The number of carbonyl (C=O) groups excluding carboxylic acids is 1. The van der Waals surface area contributed by atoms with Gasteiger partial charge in [0, 0.05) is 44.9 Å². The topological polar surface area (TPSA) is 46.2 Å². The summed E-state index contributed by atoms with van der Waals surface area (Å²) in [5.41, 5.74) is 0. The number of rotatable bonds is 7. The molecule has 6 heteroatoms. The van der Waals surface area contributed by atoms with Crippen LogP contribution >= 0.6 is 11.8 Å². The highest BCUT2D eigenvalue weighted by molar-refractivity contribution is 7.99. The highest BCUT2D eigenvalue weighted by Crippen LogP contribution is 2.18. The van der Waals surface area contributed by atoms with Crippen LogP contribution in [0.1, 0.15) is 27.2 Å². The van der Waals surface area contributed by atoms with E-state index in [0.717, 1.165) is 4.90 Å². The van der Waals surface area contributed by atoms with Crippen LogP contribution in [0.4, 0.5) is 4.39 Å². The van der Waals surface area contributed by atoms with Crippen molar-refractivity contribution in [1.29, 1.82) is 0 Å². The molecular weight excluding hydrogens is 309 g/mol. The quantitative estimate of drug-likeness (QED) is 0.781. The minimum absolute atomic E-state index is 0.0458. The summed E-state index contributed by atoms with van der Waals surface area (Å²) in [6.07, 6.45) is 0.393. The molecule has 21 heavy (non-hydrogen) atoms. The van der Waals surface area contributed by atoms with Gasteiger partial charge < -0.3 is 5.32 Å². The standard InChI is InChI=1S/C15H22FNO2S2/c1-15(2,3)21(19)11-9-17-14(18)8-10-20-13-6-4-12(16)5-7-13/h4-7H,8-11H2,1-3H3,(H,17,18)/t21-/m1/s1. The first-order chi connectivity index (χ1) is 9.79. The predicted octanol–water partition coefficient (Wildman–Crippen LogP) is 2.97. The van der Waals surface area contributed by atoms with Crippen LogP contribution in [0.25, 0.3) is 0 Å². The van der Waals surface area contributed by atoms with Gasteiger partial charge in [-0.3, -0.25) is 9.00 Å². The summed E-state index contributed by atoms with van der Waals surface area (Å²) in [5, 5.41) is 2.78. The van der Waals surface area contributed by atoms with Crippen molar-refractivity contribution in [2.45, 2.75) is 36.8 Å². The Morgan fingerprint density at radius 1 is 1.29 bits per heavy atom. The Labute approximate surface area is 132 Å². The van der Waals surface area contributed by atoms with Crippen molar-refractivity contribution in [3.63, 3.8) is 0 Å². The lowest BCUT2D eigenvalue weighted by atomic mass is 10.3. The van der Waals surface area contributed by atoms with E-state index >= 15 is 0 Å². The lowest BCUT2D eigenvalue weighted by Crippen LogP contribution is -2.32. The second-order valence-electron chi connectivity index (χ2n) is 5.56. The molecule has 0 aromatic heterocycles. The average Bonchev–Trinajstić information content (AvgIpc) is 2.40. The molecule has 0 bridgehead atoms. The number of hydrogen-bond donors (Lipinski definition) is 1. The Morgan fingerprint density at radius 3 is 2.48 bits per heavy atom. The molecule has 0 fully saturated rings. The highest BCUT2D eigenvalue weighted by atomic mass is 32.2. The monoisotopic (exact) mass is 331 g/mol. The number of benzene rings is 1. The Balaban J connectivity index is 2.17. The van der Waals surface area contributed by atoms with Gasteiger partial charge in [0.2, 0.25) is 5.91 Å². The number of nitrogens with one attached hydrogen (secondary N) is 1. The van der Waals surface area contributed by atoms with Gasteiger partial charge in [-0.25, -0.2) is 4.39 Å². The lowest BCUT2D eigenvalue weighted by molar-refractivity contribution is -0.120. The normalized spacial score (nSPS) is 13.0. The maximum atomic E-state index is 12.7. The van der Waals surface area contributed by atoms with Crippen LogP contribution in [0, 0.1) is 5.82 Å². The van der Waals surface area contributed by atoms with Gasteiger partial charge in [0.05, 0.1) is 0 Å². The van der Waals surface area contributed by atoms with E-state index in [1.807, 2.05) is 20.8 Å². The zero-order valence-corrected chi connectivity index (χ0v) is 14.3. The molecule has 1 amide bonds. The Morgan fingerprint density at radius 2 is 1.90 bits per heavy atom. The molecule has 1 rings (SSSR count). The molecule has 1 aromatic carbocycles. The van der Waals surface area contributed by atoms with Gasteiger partial charge in [-0.2, -0.15) is 0 Å². The molecule has 0 aliphatic heterocycles. The van der Waals surface area contributed by atoms with E-state index in [9.17, 15) is 13.4 Å². The summed E-state index contributed by atoms with van der Waals surface area (Å²) in [5.74, 6) is 0.805. The molecule has 0 heterocycles. The van der Waals surface area contributed by atoms with Crippen LogP contribution in [-0.4, -0.2) is 32.9 Å². The van der Waals surface area contributed by atoms with E-state index in [0.29, 0.717) is 24.5 Å². The van der Waals surface area contributed by atoms with E-state index < -0.39 is 10.8 Å². The summed E-state index contributed by atoms with van der Waals surface area (Å²) >= 11 is 1.51. The first-order valence-electron chi connectivity index (χ1n) is 6.82. The number of carbonyl (C=O) groups is 1. The molecule has 0 aliphatic rings. The van der Waals surface area contributed by atoms with Crippen molar-refractivity contribution in [2.75, 3.05) is 18.1 Å². The summed E-state index contributed by atoms with van der Waals surface area (Å²) in [6, 6.07) is 6.21. The molecule has 118 valence electrons. The van der Waals surface area contributed by atoms with Crippen LogP contribution in [0.3, 0.4) is 0 Å². The fourth-order valence-electron chi connectivity index (χ4n) is 1.47. The molecule has 1 atom stereocenters. The zero-order valence-electron chi connectivity index (χ0n) is 12.6. The summed E-state index contributed by atoms with van der Waals surface area (Å²) in [4.78, 5) is 12.6. The molecule has 3 nitrogen and oxygen atoms in total. The minimum atomic E-state index is -0.947. The molecular formula is C15H22FNO2S2. The van der Waals surface area contributed by atoms with E-state index in [4.69, 9.17) is 0 Å². The van der Waals surface area contributed by atoms with Gasteiger partial charge >= 0.3 is 0 Å². The summed E-state index contributed by atoms with van der Waals surface area (Å²) in [6.45, 7) is 6.20. The minimum Gasteiger partial charge on any atom is -0.355 e. The number of thioether (sulfide) groups is 1. The molecule has 0 radical (unpaired) electrons. The van der Waals surface area contributed by atoms with Crippen molar-refractivity contribution >= 4 is 28.5 Å². The van der Waals surface area contributed by atoms with Gasteiger partial charge in [0.15, 0.2) is 0 Å². The predicted molar refractivity (Wildman–Crippen MR) is 87.5 cm³/mol. The number of amides is 1. The van der Waals surface area contributed by atoms with Crippen molar-refractivity contribution in [3.05, 3.63) is 30.1 Å². The maximum absolute atomic E-state index is 12.7. The number of halogens is 1. The smallest absolute Gasteiger partial charge is 0.220 e. The lowest BCUT2D eigenvalue weighted by Gasteiger charge is -2.17. The Kier molecular flexibility index (Phi) is 7.39. The molecule has 0 saturated carbocycles. The van der Waals surface area contributed by atoms with Crippen LogP contribution in [0.15, 0.2) is 29.2 Å². The molecule has 0 aliphatic carbocycles. The SMILES string of the molecule is CC(C)(C)[S@](=O)CCNC(=O)CCSc1ccc(F)cc1. The third-order valence-corrected chi connectivity index (χ3v) is 5.66. The molecule has 1 aromatic rings. The van der Waals surface area contributed by atoms with Gasteiger partial charge in [-0.05, 0) is 45.0 Å². The first kappa shape index (κ1) is 18.2. The molecule has 1 N–H and O–H groups in total. The van der Waals surface area contributed by atoms with Gasteiger partial charge in [-0.15, -0.1) is 11.8 Å². The molecule has 0 unspecified atom stereocenters. The third kappa shape index (κ3) is 7.62. The highest BCUT2D eigenvalue weighted by Gasteiger charge is 2.18. The Bertz CT molecular complexity index is 483. The van der Waals surface area contributed by atoms with Crippen LogP contribution in [0.5, 0.6) is 0 Å². The van der Waals surface area contributed by atoms with Crippen LogP contribution < -0.4 is 5.32 Å². The van der Waals surface area contributed by atoms with E-state index in [1.54, 1.807) is 12.1 Å². The van der Waals surface area contributed by atoms with E-state index in [1.165, 1.54) is 23.9 Å². The van der Waals surface area contributed by atoms with Crippen molar-refractivity contribution in [2.24, 2.45) is 0 Å². The molecule has 0 saturated heterocycles. The van der Waals surface area contributed by atoms with Gasteiger partial charge in [0.25, 0.3) is 0 Å². The van der Waals surface area contributed by atoms with Crippen molar-refractivity contribution in [3.8, 4) is 0 Å². The fourth-order valence-corrected chi connectivity index (χ4v) is 3.22. The van der Waals surface area contributed by atoms with E-state index in [2.05, 4.69) is 5.32 Å². The molecule has 0 spiro atoms. The van der Waals surface area contributed by atoms with Crippen LogP contribution in [0.2, 0.25) is 0 Å². The van der Waals surface area contributed by atoms with Gasteiger partial charge in [0.1, 0.15) is 5.82 Å². The fraction of sp³-hybridized carbons (Fsp3) is 0.533. The first-order valence-corrected chi connectivity index (χ1v) is 9.13. The van der Waals surface area contributed by atoms with Crippen molar-refractivity contribution in [1.82, 2.24) is 5.32 Å². The summed E-state index contributed by atoms with van der Waals surface area (Å²) in [7, 11) is -0.947. The van der Waals surface area contributed by atoms with Crippen LogP contribution in [-0.2, 0) is 15.6 Å². The summed E-state index contributed by atoms with van der Waals surface area (Å²) < 4.78 is 24.3. The van der Waals surface area contributed by atoms with Gasteiger partial charge in [-0.1, -0.05) is 0 Å². The zero-order chi connectivity index (χ0) is 15.9. The average molecular weight is 331 g/mol. The number of hydrogen-bond acceptors (Lipinski definition) is 3.